The molecule has 1 rings (SSSR count). The van der Waals surface area contributed by atoms with Crippen molar-refractivity contribution in [2.75, 3.05) is 46.8 Å². The second-order valence-corrected chi connectivity index (χ2v) is 7.39. The van der Waals surface area contributed by atoms with E-state index in [0.29, 0.717) is 12.5 Å². The first kappa shape index (κ1) is 24.9. The number of aromatic nitrogens is 3. The van der Waals surface area contributed by atoms with Crippen LogP contribution in [0.25, 0.3) is 0 Å². The molecule has 0 saturated heterocycles. The molecule has 9 nitrogen and oxygen atoms in total. The van der Waals surface area contributed by atoms with E-state index < -0.39 is 0 Å². The molecule has 0 bridgehead atoms. The van der Waals surface area contributed by atoms with Crippen LogP contribution in [0.4, 0.5) is 0 Å². The molecule has 0 spiro atoms. The zero-order chi connectivity index (χ0) is 21.6. The maximum atomic E-state index is 11.9. The number of aliphatic imine (C=N–C) groups is 1. The molecular formula is C20H40N8O. The molecule has 1 aromatic rings. The van der Waals surface area contributed by atoms with Gasteiger partial charge in [-0.2, -0.15) is 0 Å². The van der Waals surface area contributed by atoms with Gasteiger partial charge in [-0.3, -0.25) is 4.79 Å². The van der Waals surface area contributed by atoms with Crippen molar-refractivity contribution in [3.05, 3.63) is 12.2 Å². The molecule has 0 saturated carbocycles. The largest absolute Gasteiger partial charge is 0.355 e. The van der Waals surface area contributed by atoms with Crippen molar-refractivity contribution in [3.63, 3.8) is 0 Å². The fourth-order valence-corrected chi connectivity index (χ4v) is 2.94. The van der Waals surface area contributed by atoms with Gasteiger partial charge < -0.3 is 25.0 Å². The lowest BCUT2D eigenvalue weighted by Crippen LogP contribution is -2.44. The lowest BCUT2D eigenvalue weighted by atomic mass is 10.2. The Labute approximate surface area is 176 Å². The summed E-state index contributed by atoms with van der Waals surface area (Å²) >= 11 is 0. The van der Waals surface area contributed by atoms with Crippen LogP contribution >= 0.6 is 0 Å². The van der Waals surface area contributed by atoms with Crippen molar-refractivity contribution in [2.45, 2.75) is 59.5 Å². The summed E-state index contributed by atoms with van der Waals surface area (Å²) in [7, 11) is 3.49. The van der Waals surface area contributed by atoms with Gasteiger partial charge in [0.05, 0.1) is 0 Å². The molecule has 1 heterocycles. The van der Waals surface area contributed by atoms with E-state index in [9.17, 15) is 4.79 Å². The molecule has 0 aliphatic heterocycles. The summed E-state index contributed by atoms with van der Waals surface area (Å²) in [5.41, 5.74) is 0. The van der Waals surface area contributed by atoms with E-state index in [0.717, 1.165) is 51.3 Å². The van der Waals surface area contributed by atoms with Crippen LogP contribution in [0.5, 0.6) is 0 Å². The summed E-state index contributed by atoms with van der Waals surface area (Å²) in [5, 5.41) is 14.8. The number of carbonyl (C=O) groups is 1. The Morgan fingerprint density at radius 2 is 2.00 bits per heavy atom. The first-order valence-electron chi connectivity index (χ1n) is 10.7. The molecule has 0 aliphatic rings. The van der Waals surface area contributed by atoms with Gasteiger partial charge in [0.25, 0.3) is 0 Å². The maximum absolute atomic E-state index is 11.9. The number of likely N-dealkylation sites (N-methyl/N-ethyl adjacent to an activating group) is 1. The van der Waals surface area contributed by atoms with Gasteiger partial charge in [0, 0.05) is 39.6 Å². The lowest BCUT2D eigenvalue weighted by molar-refractivity contribution is -0.127. The van der Waals surface area contributed by atoms with Crippen molar-refractivity contribution >= 4 is 11.9 Å². The summed E-state index contributed by atoms with van der Waals surface area (Å²) in [6.07, 6.45) is 4.76. The molecule has 29 heavy (non-hydrogen) atoms. The van der Waals surface area contributed by atoms with E-state index in [1.165, 1.54) is 0 Å². The number of nitrogens with zero attached hydrogens (tertiary/aromatic N) is 6. The van der Waals surface area contributed by atoms with E-state index in [4.69, 9.17) is 0 Å². The SMILES string of the molecule is CCc1nncn1CCNC(=NCC(=O)N(C)C)NC(C)CCCN(CC)CC. The lowest BCUT2D eigenvalue weighted by Gasteiger charge is -2.21. The molecule has 2 N–H and O–H groups in total. The van der Waals surface area contributed by atoms with Crippen LogP contribution in [0.1, 0.15) is 46.4 Å². The van der Waals surface area contributed by atoms with E-state index in [1.54, 1.807) is 25.3 Å². The standard InChI is InChI=1S/C20H40N8O/c1-7-18-25-23-16-28(18)14-12-21-20(22-15-19(29)26(5)6)24-17(4)11-10-13-27(8-2)9-3/h16-17H,7-15H2,1-6H3,(H2,21,22,24). The first-order chi connectivity index (χ1) is 13.9. The molecule has 0 aromatic carbocycles. The predicted octanol–water partition coefficient (Wildman–Crippen LogP) is 0.974. The minimum absolute atomic E-state index is 0.0210. The topological polar surface area (TPSA) is 90.7 Å². The molecule has 1 atom stereocenters. The van der Waals surface area contributed by atoms with Crippen molar-refractivity contribution in [2.24, 2.45) is 4.99 Å². The van der Waals surface area contributed by atoms with Crippen LogP contribution < -0.4 is 10.6 Å². The highest BCUT2D eigenvalue weighted by Crippen LogP contribution is 2.00. The normalized spacial score (nSPS) is 12.9. The Morgan fingerprint density at radius 1 is 1.28 bits per heavy atom. The average Bonchev–Trinajstić information content (AvgIpc) is 3.16. The van der Waals surface area contributed by atoms with Gasteiger partial charge in [-0.25, -0.2) is 4.99 Å². The third kappa shape index (κ3) is 9.74. The van der Waals surface area contributed by atoms with Crippen LogP contribution in [0, 0.1) is 0 Å². The van der Waals surface area contributed by atoms with Crippen molar-refractivity contribution < 1.29 is 4.79 Å². The highest BCUT2D eigenvalue weighted by molar-refractivity contribution is 5.84. The number of aryl methyl sites for hydroxylation is 1. The van der Waals surface area contributed by atoms with E-state index >= 15 is 0 Å². The smallest absolute Gasteiger partial charge is 0.243 e. The number of carbonyl (C=O) groups excluding carboxylic acids is 1. The molecular weight excluding hydrogens is 368 g/mol. The number of rotatable bonds is 13. The summed E-state index contributed by atoms with van der Waals surface area (Å²) in [6, 6.07) is 0.271. The molecule has 0 radical (unpaired) electrons. The number of hydrogen-bond donors (Lipinski definition) is 2. The summed E-state index contributed by atoms with van der Waals surface area (Å²) in [6.45, 7) is 13.4. The van der Waals surface area contributed by atoms with Crippen LogP contribution in [0.2, 0.25) is 0 Å². The fraction of sp³-hybridized carbons (Fsp3) is 0.800. The minimum atomic E-state index is -0.0210. The number of guanidine groups is 1. The zero-order valence-electron chi connectivity index (χ0n) is 19.1. The van der Waals surface area contributed by atoms with Gasteiger partial charge in [-0.1, -0.05) is 20.8 Å². The van der Waals surface area contributed by atoms with Crippen LogP contribution in [0.15, 0.2) is 11.3 Å². The molecule has 1 amide bonds. The van der Waals surface area contributed by atoms with Gasteiger partial charge in [0.1, 0.15) is 18.7 Å². The van der Waals surface area contributed by atoms with Gasteiger partial charge in [0.2, 0.25) is 5.91 Å². The molecule has 1 aromatic heterocycles. The van der Waals surface area contributed by atoms with Crippen LogP contribution in [-0.2, 0) is 17.8 Å². The highest BCUT2D eigenvalue weighted by atomic mass is 16.2. The van der Waals surface area contributed by atoms with E-state index in [-0.39, 0.29) is 18.5 Å². The predicted molar refractivity (Wildman–Crippen MR) is 118 cm³/mol. The monoisotopic (exact) mass is 408 g/mol. The third-order valence-electron chi connectivity index (χ3n) is 4.92. The van der Waals surface area contributed by atoms with Gasteiger partial charge in [0.15, 0.2) is 5.96 Å². The quantitative estimate of drug-likeness (QED) is 0.373. The van der Waals surface area contributed by atoms with Gasteiger partial charge in [-0.15, -0.1) is 10.2 Å². The highest BCUT2D eigenvalue weighted by Gasteiger charge is 2.09. The van der Waals surface area contributed by atoms with Crippen LogP contribution in [-0.4, -0.2) is 89.3 Å². The summed E-state index contributed by atoms with van der Waals surface area (Å²) < 4.78 is 2.03. The van der Waals surface area contributed by atoms with Crippen molar-refractivity contribution in [1.29, 1.82) is 0 Å². The maximum Gasteiger partial charge on any atom is 0.243 e. The van der Waals surface area contributed by atoms with Gasteiger partial charge in [-0.05, 0) is 39.4 Å². The number of amides is 1. The zero-order valence-corrected chi connectivity index (χ0v) is 19.1. The van der Waals surface area contributed by atoms with E-state index in [2.05, 4.69) is 58.4 Å². The number of nitrogens with one attached hydrogen (secondary N) is 2. The second kappa shape index (κ2) is 13.9. The molecule has 1 unspecified atom stereocenters. The second-order valence-electron chi connectivity index (χ2n) is 7.39. The van der Waals surface area contributed by atoms with Crippen molar-refractivity contribution in [1.82, 2.24) is 35.2 Å². The molecule has 9 heteroatoms. The first-order valence-corrected chi connectivity index (χ1v) is 10.7. The Kier molecular flexibility index (Phi) is 11.9. The third-order valence-corrected chi connectivity index (χ3v) is 4.92. The fourth-order valence-electron chi connectivity index (χ4n) is 2.94. The summed E-state index contributed by atoms with van der Waals surface area (Å²) in [4.78, 5) is 20.4. The minimum Gasteiger partial charge on any atom is -0.355 e. The average molecular weight is 409 g/mol. The Hall–Kier alpha value is -2.16. The Bertz CT molecular complexity index is 609. The molecule has 166 valence electrons. The van der Waals surface area contributed by atoms with Gasteiger partial charge >= 0.3 is 0 Å². The van der Waals surface area contributed by atoms with Crippen LogP contribution in [0.3, 0.4) is 0 Å². The molecule has 0 aliphatic carbocycles. The van der Waals surface area contributed by atoms with Crippen molar-refractivity contribution in [3.8, 4) is 0 Å². The summed E-state index contributed by atoms with van der Waals surface area (Å²) in [5.74, 6) is 1.61. The number of hydrogen-bond acceptors (Lipinski definition) is 5. The molecule has 0 fully saturated rings. The van der Waals surface area contributed by atoms with E-state index in [1.807, 2.05) is 4.57 Å². The Morgan fingerprint density at radius 3 is 2.62 bits per heavy atom. The Balaban J connectivity index is 2.58.